The van der Waals surface area contributed by atoms with Crippen molar-refractivity contribution >= 4 is 0 Å². The Hall–Kier alpha value is -0.120. The predicted octanol–water partition coefficient (Wildman–Crippen LogP) is 3.76. The highest BCUT2D eigenvalue weighted by atomic mass is 16.7. The van der Waals surface area contributed by atoms with Crippen LogP contribution in [0.4, 0.5) is 0 Å². The first kappa shape index (κ1) is 15.3. The van der Waals surface area contributed by atoms with Crippen molar-refractivity contribution in [2.24, 2.45) is 11.3 Å². The molecule has 0 saturated heterocycles. The van der Waals surface area contributed by atoms with Crippen molar-refractivity contribution in [3.63, 3.8) is 0 Å². The van der Waals surface area contributed by atoms with Crippen LogP contribution < -0.4 is 0 Å². The molecule has 2 aliphatic carbocycles. The molecular weight excluding hydrogens is 240 g/mol. The summed E-state index contributed by atoms with van der Waals surface area (Å²) in [6, 6.07) is 0. The number of ether oxygens (including phenoxy) is 3. The Labute approximate surface area is 118 Å². The average molecular weight is 270 g/mol. The van der Waals surface area contributed by atoms with Gasteiger partial charge in [-0.2, -0.15) is 0 Å². The van der Waals surface area contributed by atoms with Crippen LogP contribution in [-0.2, 0) is 14.2 Å². The first-order valence-electron chi connectivity index (χ1n) is 7.83. The van der Waals surface area contributed by atoms with Crippen LogP contribution in [0.2, 0.25) is 0 Å². The summed E-state index contributed by atoms with van der Waals surface area (Å²) in [5.41, 5.74) is 0.331. The van der Waals surface area contributed by atoms with Crippen LogP contribution in [0.5, 0.6) is 0 Å². The number of hydrogen-bond acceptors (Lipinski definition) is 3. The van der Waals surface area contributed by atoms with E-state index >= 15 is 0 Å². The molecule has 2 rings (SSSR count). The van der Waals surface area contributed by atoms with Gasteiger partial charge >= 0.3 is 0 Å². The van der Waals surface area contributed by atoms with Gasteiger partial charge in [-0.05, 0) is 37.0 Å². The van der Waals surface area contributed by atoms with Gasteiger partial charge in [-0.25, -0.2) is 0 Å². The third-order valence-corrected chi connectivity index (χ3v) is 5.34. The lowest BCUT2D eigenvalue weighted by Crippen LogP contribution is -2.57. The summed E-state index contributed by atoms with van der Waals surface area (Å²) < 4.78 is 16.9. The molecule has 0 heterocycles. The van der Waals surface area contributed by atoms with Crippen LogP contribution in [-0.4, -0.2) is 32.7 Å². The Morgan fingerprint density at radius 1 is 1.00 bits per heavy atom. The van der Waals surface area contributed by atoms with Gasteiger partial charge in [0, 0.05) is 7.11 Å². The van der Waals surface area contributed by atoms with Gasteiger partial charge in [-0.3, -0.25) is 0 Å². The molecule has 0 N–H and O–H groups in total. The minimum absolute atomic E-state index is 0.0522. The Morgan fingerprint density at radius 3 is 2.58 bits per heavy atom. The first-order chi connectivity index (χ1) is 9.12. The summed E-state index contributed by atoms with van der Waals surface area (Å²) in [5.74, 6) is 0.732. The van der Waals surface area contributed by atoms with Gasteiger partial charge in [0.05, 0.1) is 18.8 Å². The standard InChI is InChI=1S/C16H30O3/c1-15(2)9-6-8-14-7-4-5-10-16(14,15)19-13-18-12-11-17-3/h14H,4-13H2,1-3H3/t14-,16+/m0/s1. The second-order valence-corrected chi connectivity index (χ2v) is 6.77. The molecule has 0 spiro atoms. The van der Waals surface area contributed by atoms with E-state index in [-0.39, 0.29) is 11.0 Å². The van der Waals surface area contributed by atoms with Gasteiger partial charge in [0.1, 0.15) is 6.79 Å². The lowest BCUT2D eigenvalue weighted by atomic mass is 9.55. The quantitative estimate of drug-likeness (QED) is 0.543. The molecule has 2 atom stereocenters. The van der Waals surface area contributed by atoms with Gasteiger partial charge in [-0.1, -0.05) is 33.1 Å². The fraction of sp³-hybridized carbons (Fsp3) is 1.00. The molecule has 0 radical (unpaired) electrons. The molecule has 112 valence electrons. The largest absolute Gasteiger partial charge is 0.382 e. The molecule has 3 heteroatoms. The van der Waals surface area contributed by atoms with Crippen molar-refractivity contribution in [2.75, 3.05) is 27.1 Å². The first-order valence-corrected chi connectivity index (χ1v) is 7.83. The van der Waals surface area contributed by atoms with Crippen molar-refractivity contribution in [2.45, 2.75) is 64.4 Å². The lowest BCUT2D eigenvalue weighted by Gasteiger charge is -2.56. The van der Waals surface area contributed by atoms with Crippen molar-refractivity contribution in [1.29, 1.82) is 0 Å². The molecule has 2 aliphatic rings. The molecule has 0 aromatic heterocycles. The van der Waals surface area contributed by atoms with Gasteiger partial charge in [0.25, 0.3) is 0 Å². The molecule has 2 fully saturated rings. The molecule has 2 saturated carbocycles. The molecule has 3 nitrogen and oxygen atoms in total. The fourth-order valence-electron chi connectivity index (χ4n) is 4.22. The summed E-state index contributed by atoms with van der Waals surface area (Å²) in [5, 5.41) is 0. The summed E-state index contributed by atoms with van der Waals surface area (Å²) in [4.78, 5) is 0. The number of methoxy groups -OCH3 is 1. The highest BCUT2D eigenvalue weighted by Crippen LogP contribution is 2.55. The van der Waals surface area contributed by atoms with Crippen LogP contribution in [0.15, 0.2) is 0 Å². The summed E-state index contributed by atoms with van der Waals surface area (Å²) in [7, 11) is 1.70. The Kier molecular flexibility index (Phi) is 5.27. The van der Waals surface area contributed by atoms with Crippen molar-refractivity contribution in [3.05, 3.63) is 0 Å². The predicted molar refractivity (Wildman–Crippen MR) is 76.1 cm³/mol. The number of fused-ring (bicyclic) bond motifs is 1. The van der Waals surface area contributed by atoms with Gasteiger partial charge in [0.2, 0.25) is 0 Å². The second kappa shape index (κ2) is 6.55. The summed E-state index contributed by atoms with van der Waals surface area (Å²) >= 11 is 0. The summed E-state index contributed by atoms with van der Waals surface area (Å²) in [6.45, 7) is 6.46. The van der Waals surface area contributed by atoms with E-state index in [1.807, 2.05) is 0 Å². The fourth-order valence-corrected chi connectivity index (χ4v) is 4.22. The minimum atomic E-state index is 0.0522. The van der Waals surface area contributed by atoms with Crippen LogP contribution in [0.3, 0.4) is 0 Å². The molecule has 0 unspecified atom stereocenters. The van der Waals surface area contributed by atoms with Crippen molar-refractivity contribution < 1.29 is 14.2 Å². The molecule has 19 heavy (non-hydrogen) atoms. The number of rotatable bonds is 6. The molecule has 0 aliphatic heterocycles. The molecule has 0 amide bonds. The van der Waals surface area contributed by atoms with Crippen molar-refractivity contribution in [1.82, 2.24) is 0 Å². The van der Waals surface area contributed by atoms with Crippen LogP contribution in [0.25, 0.3) is 0 Å². The zero-order chi connectivity index (χ0) is 13.8. The van der Waals surface area contributed by atoms with E-state index in [0.717, 1.165) is 5.92 Å². The van der Waals surface area contributed by atoms with Crippen LogP contribution in [0.1, 0.15) is 58.8 Å². The third kappa shape index (κ3) is 3.14. The van der Waals surface area contributed by atoms with E-state index in [9.17, 15) is 0 Å². The smallest absolute Gasteiger partial charge is 0.147 e. The molecule has 0 bridgehead atoms. The number of hydrogen-bond donors (Lipinski definition) is 0. The highest BCUT2D eigenvalue weighted by Gasteiger charge is 2.54. The maximum Gasteiger partial charge on any atom is 0.147 e. The average Bonchev–Trinajstić information content (AvgIpc) is 2.39. The molecule has 0 aromatic rings. The maximum absolute atomic E-state index is 6.36. The van der Waals surface area contributed by atoms with E-state index < -0.39 is 0 Å². The van der Waals surface area contributed by atoms with Gasteiger partial charge in [-0.15, -0.1) is 0 Å². The zero-order valence-corrected chi connectivity index (χ0v) is 12.9. The zero-order valence-electron chi connectivity index (χ0n) is 12.9. The van der Waals surface area contributed by atoms with E-state index in [1.54, 1.807) is 7.11 Å². The molecular formula is C16H30O3. The third-order valence-electron chi connectivity index (χ3n) is 5.34. The lowest BCUT2D eigenvalue weighted by molar-refractivity contribution is -0.240. The van der Waals surface area contributed by atoms with E-state index in [1.165, 1.54) is 44.9 Å². The van der Waals surface area contributed by atoms with Gasteiger partial charge < -0.3 is 14.2 Å². The SMILES string of the molecule is COCCOCO[C@]12CCCC[C@H]1CCCC2(C)C. The Bertz CT molecular complexity index is 275. The minimum Gasteiger partial charge on any atom is -0.382 e. The molecule has 0 aromatic carbocycles. The summed E-state index contributed by atoms with van der Waals surface area (Å²) in [6.07, 6.45) is 9.19. The van der Waals surface area contributed by atoms with Crippen LogP contribution in [0, 0.1) is 11.3 Å². The highest BCUT2D eigenvalue weighted by molar-refractivity contribution is 5.04. The maximum atomic E-state index is 6.36. The Balaban J connectivity index is 1.97. The Morgan fingerprint density at radius 2 is 1.79 bits per heavy atom. The second-order valence-electron chi connectivity index (χ2n) is 6.77. The van der Waals surface area contributed by atoms with E-state index in [2.05, 4.69) is 13.8 Å². The van der Waals surface area contributed by atoms with Gasteiger partial charge in [0.15, 0.2) is 0 Å². The topological polar surface area (TPSA) is 27.7 Å². The van der Waals surface area contributed by atoms with Crippen molar-refractivity contribution in [3.8, 4) is 0 Å². The van der Waals surface area contributed by atoms with Crippen LogP contribution >= 0.6 is 0 Å². The van der Waals surface area contributed by atoms with E-state index in [0.29, 0.717) is 20.0 Å². The normalized spacial score (nSPS) is 33.9. The monoisotopic (exact) mass is 270 g/mol. The van der Waals surface area contributed by atoms with E-state index in [4.69, 9.17) is 14.2 Å².